The number of rotatable bonds is 11. The van der Waals surface area contributed by atoms with E-state index in [9.17, 15) is 14.4 Å². The molecule has 0 unspecified atom stereocenters. The summed E-state index contributed by atoms with van der Waals surface area (Å²) in [4.78, 5) is 38.8. The Morgan fingerprint density at radius 3 is 1.54 bits per heavy atom. The summed E-state index contributed by atoms with van der Waals surface area (Å²) < 4.78 is 10.7. The second-order valence-corrected chi connectivity index (χ2v) is 8.59. The summed E-state index contributed by atoms with van der Waals surface area (Å²) >= 11 is 0. The number of esters is 1. The molecule has 198 valence electrons. The van der Waals surface area contributed by atoms with Gasteiger partial charge in [-0.25, -0.2) is 4.79 Å². The van der Waals surface area contributed by atoms with Crippen LogP contribution in [0.3, 0.4) is 0 Å². The van der Waals surface area contributed by atoms with E-state index in [4.69, 9.17) is 9.47 Å². The number of carbonyl (C=O) groups is 3. The molecule has 2 amide bonds. The van der Waals surface area contributed by atoms with Crippen LogP contribution < -0.4 is 15.8 Å². The van der Waals surface area contributed by atoms with E-state index in [0.717, 1.165) is 11.1 Å². The first-order chi connectivity index (χ1) is 19.1. The van der Waals surface area contributed by atoms with E-state index in [-0.39, 0.29) is 13.2 Å². The quantitative estimate of drug-likeness (QED) is 0.205. The molecule has 1 atom stereocenters. The highest BCUT2D eigenvalue weighted by atomic mass is 16.5. The highest BCUT2D eigenvalue weighted by molar-refractivity contribution is 5.91. The number of nitrogens with one attached hydrogen (secondary N) is 2. The number of alkyl carbamates (subject to hydrolysis) is 1. The van der Waals surface area contributed by atoms with Crippen LogP contribution in [0.5, 0.6) is 0 Å². The summed E-state index contributed by atoms with van der Waals surface area (Å²) in [5, 5.41) is 4.11. The van der Waals surface area contributed by atoms with Crippen LogP contribution in [-0.2, 0) is 32.3 Å². The number of ether oxygens (including phenoxy) is 2. The highest BCUT2D eigenvalue weighted by Crippen LogP contribution is 2.22. The predicted molar refractivity (Wildman–Crippen MR) is 148 cm³/mol. The Balaban J connectivity index is 1.47. The number of hydrazine groups is 1. The van der Waals surface area contributed by atoms with Crippen LogP contribution in [0.2, 0.25) is 0 Å². The molecule has 0 aliphatic rings. The number of hydrogen-bond acceptors (Lipinski definition) is 6. The van der Waals surface area contributed by atoms with Crippen LogP contribution in [-0.4, -0.2) is 24.0 Å². The Morgan fingerprint density at radius 1 is 0.615 bits per heavy atom. The van der Waals surface area contributed by atoms with Crippen molar-refractivity contribution in [2.24, 2.45) is 0 Å². The lowest BCUT2D eigenvalue weighted by Gasteiger charge is -2.28. The van der Waals surface area contributed by atoms with Gasteiger partial charge in [-0.05, 0) is 35.4 Å². The first-order valence-electron chi connectivity index (χ1n) is 12.5. The Hall–Kier alpha value is -5.11. The molecule has 39 heavy (non-hydrogen) atoms. The molecule has 0 spiro atoms. The van der Waals surface area contributed by atoms with E-state index >= 15 is 0 Å². The molecular formula is C31H29N3O5. The third-order valence-corrected chi connectivity index (χ3v) is 5.69. The van der Waals surface area contributed by atoms with E-state index in [0.29, 0.717) is 11.4 Å². The van der Waals surface area contributed by atoms with Crippen molar-refractivity contribution in [1.82, 2.24) is 10.7 Å². The molecule has 0 aliphatic carbocycles. The SMILES string of the molecule is O=C(C[C@H](NC(=O)OCc1ccccc1)C(=O)NN(c1ccccc1)c1ccccc1)OCc1ccccc1. The third-order valence-electron chi connectivity index (χ3n) is 5.69. The van der Waals surface area contributed by atoms with Crippen molar-refractivity contribution in [2.75, 3.05) is 5.01 Å². The molecule has 4 aromatic carbocycles. The fourth-order valence-corrected chi connectivity index (χ4v) is 3.70. The van der Waals surface area contributed by atoms with Crippen LogP contribution in [0.15, 0.2) is 121 Å². The highest BCUT2D eigenvalue weighted by Gasteiger charge is 2.27. The normalized spacial score (nSPS) is 11.1. The summed E-state index contributed by atoms with van der Waals surface area (Å²) in [6, 6.07) is 35.5. The van der Waals surface area contributed by atoms with Gasteiger partial charge in [-0.1, -0.05) is 97.1 Å². The summed E-state index contributed by atoms with van der Waals surface area (Å²) in [5.74, 6) is -1.26. The molecule has 0 radical (unpaired) electrons. The van der Waals surface area contributed by atoms with Gasteiger partial charge in [0.15, 0.2) is 0 Å². The van der Waals surface area contributed by atoms with E-state index in [1.54, 1.807) is 5.01 Å². The average molecular weight is 524 g/mol. The number of para-hydroxylation sites is 2. The fourth-order valence-electron chi connectivity index (χ4n) is 3.70. The zero-order chi connectivity index (χ0) is 27.3. The van der Waals surface area contributed by atoms with Crippen molar-refractivity contribution in [3.05, 3.63) is 132 Å². The Bertz CT molecular complexity index is 1240. The summed E-state index contributed by atoms with van der Waals surface area (Å²) in [6.07, 6.45) is -1.22. The molecule has 8 heteroatoms. The van der Waals surface area contributed by atoms with Crippen molar-refractivity contribution in [1.29, 1.82) is 0 Å². The number of benzene rings is 4. The lowest BCUT2D eigenvalue weighted by molar-refractivity contribution is -0.147. The molecule has 4 aromatic rings. The van der Waals surface area contributed by atoms with Crippen LogP contribution >= 0.6 is 0 Å². The number of amides is 2. The molecule has 0 heterocycles. The number of nitrogens with zero attached hydrogens (tertiary/aromatic N) is 1. The minimum atomic E-state index is -1.26. The molecule has 8 nitrogen and oxygen atoms in total. The van der Waals surface area contributed by atoms with Crippen LogP contribution in [0.1, 0.15) is 17.5 Å². The van der Waals surface area contributed by atoms with E-state index in [1.807, 2.05) is 121 Å². The third kappa shape index (κ3) is 8.46. The zero-order valence-corrected chi connectivity index (χ0v) is 21.2. The van der Waals surface area contributed by atoms with Gasteiger partial charge in [-0.15, -0.1) is 0 Å². The first-order valence-corrected chi connectivity index (χ1v) is 12.5. The van der Waals surface area contributed by atoms with Crippen LogP contribution in [0.4, 0.5) is 16.2 Å². The Labute approximate surface area is 227 Å². The zero-order valence-electron chi connectivity index (χ0n) is 21.2. The van der Waals surface area contributed by atoms with Gasteiger partial charge in [0.05, 0.1) is 17.8 Å². The maximum atomic E-state index is 13.5. The van der Waals surface area contributed by atoms with Gasteiger partial charge >= 0.3 is 12.1 Å². The van der Waals surface area contributed by atoms with E-state index < -0.39 is 30.4 Å². The van der Waals surface area contributed by atoms with Gasteiger partial charge in [-0.3, -0.25) is 20.0 Å². The van der Waals surface area contributed by atoms with Crippen molar-refractivity contribution < 1.29 is 23.9 Å². The van der Waals surface area contributed by atoms with E-state index in [1.165, 1.54) is 0 Å². The van der Waals surface area contributed by atoms with Crippen molar-refractivity contribution in [3.8, 4) is 0 Å². The van der Waals surface area contributed by atoms with Gasteiger partial charge in [0.2, 0.25) is 0 Å². The average Bonchev–Trinajstić information content (AvgIpc) is 2.99. The van der Waals surface area contributed by atoms with Gasteiger partial charge in [0.25, 0.3) is 5.91 Å². The largest absolute Gasteiger partial charge is 0.461 e. The van der Waals surface area contributed by atoms with Crippen molar-refractivity contribution in [3.63, 3.8) is 0 Å². The Morgan fingerprint density at radius 2 is 1.05 bits per heavy atom. The first kappa shape index (κ1) is 26.9. The van der Waals surface area contributed by atoms with Crippen LogP contribution in [0.25, 0.3) is 0 Å². The number of anilines is 2. The number of carbonyl (C=O) groups excluding carboxylic acids is 3. The lowest BCUT2D eigenvalue weighted by Crippen LogP contribution is -2.52. The molecule has 4 rings (SSSR count). The molecule has 0 saturated heterocycles. The van der Waals surface area contributed by atoms with Gasteiger partial charge < -0.3 is 14.8 Å². The fraction of sp³-hybridized carbons (Fsp3) is 0.129. The maximum Gasteiger partial charge on any atom is 0.408 e. The minimum Gasteiger partial charge on any atom is -0.461 e. The molecule has 0 bridgehead atoms. The van der Waals surface area contributed by atoms with Gasteiger partial charge in [0.1, 0.15) is 19.3 Å². The van der Waals surface area contributed by atoms with Crippen LogP contribution in [0, 0.1) is 0 Å². The molecule has 0 aromatic heterocycles. The summed E-state index contributed by atoms with van der Waals surface area (Å²) in [7, 11) is 0. The van der Waals surface area contributed by atoms with E-state index in [2.05, 4.69) is 10.7 Å². The molecule has 0 saturated carbocycles. The Kier molecular flexibility index (Phi) is 9.67. The number of hydrogen-bond donors (Lipinski definition) is 2. The molecular weight excluding hydrogens is 494 g/mol. The second kappa shape index (κ2) is 14.0. The summed E-state index contributed by atoms with van der Waals surface area (Å²) in [6.45, 7) is 0.0617. The minimum absolute atomic E-state index is 0.0135. The standard InChI is InChI=1S/C31H29N3O5/c35-29(38-22-24-13-5-1-6-14-24)21-28(32-31(37)39-23-25-15-7-2-8-16-25)30(36)33-34(26-17-9-3-10-18-26)27-19-11-4-12-20-27/h1-20,28H,21-23H2,(H,32,37)(H,33,36)/t28-/m0/s1. The van der Waals surface area contributed by atoms with Gasteiger partial charge in [0, 0.05) is 0 Å². The van der Waals surface area contributed by atoms with Crippen molar-refractivity contribution >= 4 is 29.3 Å². The smallest absolute Gasteiger partial charge is 0.408 e. The molecule has 0 fully saturated rings. The molecule has 0 aliphatic heterocycles. The topological polar surface area (TPSA) is 97.0 Å². The predicted octanol–water partition coefficient (Wildman–Crippen LogP) is 5.28. The lowest BCUT2D eigenvalue weighted by atomic mass is 10.2. The summed E-state index contributed by atoms with van der Waals surface area (Å²) in [5.41, 5.74) is 5.80. The molecule has 2 N–H and O–H groups in total. The van der Waals surface area contributed by atoms with Gasteiger partial charge in [-0.2, -0.15) is 0 Å². The maximum absolute atomic E-state index is 13.5. The monoisotopic (exact) mass is 523 g/mol. The second-order valence-electron chi connectivity index (χ2n) is 8.59. The van der Waals surface area contributed by atoms with Crippen molar-refractivity contribution in [2.45, 2.75) is 25.7 Å².